The van der Waals surface area contributed by atoms with Crippen LogP contribution in [0, 0.1) is 0 Å². The first-order chi connectivity index (χ1) is 11.8. The third-order valence-corrected chi connectivity index (χ3v) is 4.10. The van der Waals surface area contributed by atoms with Crippen LogP contribution in [-0.4, -0.2) is 6.54 Å². The minimum absolute atomic E-state index is 0.802. The maximum atomic E-state index is 6.17. The van der Waals surface area contributed by atoms with Crippen molar-refractivity contribution in [2.45, 2.75) is 13.0 Å². The second-order valence-corrected chi connectivity index (χ2v) is 5.99. The van der Waals surface area contributed by atoms with Gasteiger partial charge < -0.3 is 10.1 Å². The van der Waals surface area contributed by atoms with Gasteiger partial charge in [0.15, 0.2) is 0 Å². The van der Waals surface area contributed by atoms with E-state index in [0.29, 0.717) is 0 Å². The number of benzene rings is 3. The fourth-order valence-corrected chi connectivity index (χ4v) is 2.73. The van der Waals surface area contributed by atoms with E-state index in [9.17, 15) is 0 Å². The highest BCUT2D eigenvalue weighted by atomic mass is 35.5. The number of para-hydroxylation sites is 1. The Hall–Kier alpha value is -2.29. The molecule has 3 heteroatoms. The van der Waals surface area contributed by atoms with Crippen molar-refractivity contribution in [1.82, 2.24) is 5.32 Å². The van der Waals surface area contributed by atoms with Crippen molar-refractivity contribution in [2.75, 3.05) is 6.54 Å². The van der Waals surface area contributed by atoms with Gasteiger partial charge in [-0.3, -0.25) is 0 Å². The average molecular weight is 338 g/mol. The first kappa shape index (κ1) is 16.6. The quantitative estimate of drug-likeness (QED) is 0.578. The van der Waals surface area contributed by atoms with Gasteiger partial charge >= 0.3 is 0 Å². The fraction of sp³-hybridized carbons (Fsp3) is 0.143. The SMILES string of the molecule is Clc1ccccc1CCNCc1cccc(Oc2ccccc2)c1. The van der Waals surface area contributed by atoms with Gasteiger partial charge in [0, 0.05) is 11.6 Å². The molecule has 0 heterocycles. The summed E-state index contributed by atoms with van der Waals surface area (Å²) in [6, 6.07) is 25.9. The minimum Gasteiger partial charge on any atom is -0.457 e. The summed E-state index contributed by atoms with van der Waals surface area (Å²) >= 11 is 6.17. The number of hydrogen-bond acceptors (Lipinski definition) is 2. The largest absolute Gasteiger partial charge is 0.457 e. The molecule has 0 aliphatic carbocycles. The molecule has 3 aromatic carbocycles. The van der Waals surface area contributed by atoms with E-state index < -0.39 is 0 Å². The van der Waals surface area contributed by atoms with Crippen LogP contribution in [0.25, 0.3) is 0 Å². The van der Waals surface area contributed by atoms with Crippen LogP contribution in [0.5, 0.6) is 11.5 Å². The number of hydrogen-bond donors (Lipinski definition) is 1. The van der Waals surface area contributed by atoms with Gasteiger partial charge in [-0.2, -0.15) is 0 Å². The molecule has 0 bridgehead atoms. The van der Waals surface area contributed by atoms with Crippen LogP contribution in [0.1, 0.15) is 11.1 Å². The molecule has 0 saturated carbocycles. The standard InChI is InChI=1S/C21H20ClNO/c22-21-12-5-4-8-18(21)13-14-23-16-17-7-6-11-20(15-17)24-19-9-2-1-3-10-19/h1-12,15,23H,13-14,16H2. The van der Waals surface area contributed by atoms with Crippen LogP contribution in [0.4, 0.5) is 0 Å². The molecule has 3 rings (SSSR count). The molecule has 3 aromatic rings. The zero-order valence-electron chi connectivity index (χ0n) is 13.4. The topological polar surface area (TPSA) is 21.3 Å². The molecule has 2 nitrogen and oxygen atoms in total. The molecule has 0 aromatic heterocycles. The highest BCUT2D eigenvalue weighted by molar-refractivity contribution is 6.31. The van der Waals surface area contributed by atoms with Crippen molar-refractivity contribution in [3.05, 3.63) is 95.0 Å². The molecule has 0 saturated heterocycles. The van der Waals surface area contributed by atoms with E-state index in [0.717, 1.165) is 36.0 Å². The van der Waals surface area contributed by atoms with Crippen molar-refractivity contribution < 1.29 is 4.74 Å². The Balaban J connectivity index is 1.51. The van der Waals surface area contributed by atoms with E-state index >= 15 is 0 Å². The normalized spacial score (nSPS) is 10.5. The van der Waals surface area contributed by atoms with E-state index in [4.69, 9.17) is 16.3 Å². The fourth-order valence-electron chi connectivity index (χ4n) is 2.50. The molecule has 0 unspecified atom stereocenters. The zero-order chi connectivity index (χ0) is 16.6. The van der Waals surface area contributed by atoms with Crippen LogP contribution in [0.3, 0.4) is 0 Å². The number of nitrogens with one attached hydrogen (secondary N) is 1. The highest BCUT2D eigenvalue weighted by Crippen LogP contribution is 2.21. The van der Waals surface area contributed by atoms with Crippen molar-refractivity contribution in [2.24, 2.45) is 0 Å². The maximum absolute atomic E-state index is 6.17. The van der Waals surface area contributed by atoms with E-state index in [2.05, 4.69) is 23.5 Å². The van der Waals surface area contributed by atoms with Crippen LogP contribution in [0.15, 0.2) is 78.9 Å². The molecule has 0 atom stereocenters. The zero-order valence-corrected chi connectivity index (χ0v) is 14.2. The van der Waals surface area contributed by atoms with Crippen molar-refractivity contribution in [3.63, 3.8) is 0 Å². The molecule has 24 heavy (non-hydrogen) atoms. The van der Waals surface area contributed by atoms with E-state index in [1.54, 1.807) is 0 Å². The van der Waals surface area contributed by atoms with Gasteiger partial charge in [0.2, 0.25) is 0 Å². The molecule has 0 aliphatic heterocycles. The first-order valence-electron chi connectivity index (χ1n) is 8.07. The van der Waals surface area contributed by atoms with Gasteiger partial charge in [-0.05, 0) is 54.4 Å². The summed E-state index contributed by atoms with van der Waals surface area (Å²) in [5.41, 5.74) is 2.37. The predicted molar refractivity (Wildman–Crippen MR) is 99.8 cm³/mol. The summed E-state index contributed by atoms with van der Waals surface area (Å²) < 4.78 is 5.87. The molecular weight excluding hydrogens is 318 g/mol. The predicted octanol–water partition coefficient (Wildman–Crippen LogP) is 5.46. The summed E-state index contributed by atoms with van der Waals surface area (Å²) in [6.07, 6.45) is 0.917. The molecule has 1 N–H and O–H groups in total. The summed E-state index contributed by atoms with van der Waals surface area (Å²) in [4.78, 5) is 0. The molecule has 0 amide bonds. The van der Waals surface area contributed by atoms with E-state index in [1.165, 1.54) is 11.1 Å². The highest BCUT2D eigenvalue weighted by Gasteiger charge is 2.01. The lowest BCUT2D eigenvalue weighted by Crippen LogP contribution is -2.16. The lowest BCUT2D eigenvalue weighted by molar-refractivity contribution is 0.481. The average Bonchev–Trinajstić information content (AvgIpc) is 2.61. The Morgan fingerprint density at radius 2 is 1.54 bits per heavy atom. The molecule has 0 radical (unpaired) electrons. The van der Waals surface area contributed by atoms with Crippen molar-refractivity contribution in [3.8, 4) is 11.5 Å². The van der Waals surface area contributed by atoms with Crippen molar-refractivity contribution in [1.29, 1.82) is 0 Å². The molecular formula is C21H20ClNO. The smallest absolute Gasteiger partial charge is 0.127 e. The van der Waals surface area contributed by atoms with Gasteiger partial charge in [0.05, 0.1) is 0 Å². The Morgan fingerprint density at radius 3 is 2.38 bits per heavy atom. The van der Waals surface area contributed by atoms with E-state index in [1.807, 2.05) is 60.7 Å². The number of halogens is 1. The third kappa shape index (κ3) is 4.85. The van der Waals surface area contributed by atoms with Gasteiger partial charge in [-0.1, -0.05) is 60.1 Å². The summed E-state index contributed by atoms with van der Waals surface area (Å²) in [5, 5.41) is 4.29. The van der Waals surface area contributed by atoms with Crippen LogP contribution in [-0.2, 0) is 13.0 Å². The number of ether oxygens (including phenoxy) is 1. The molecule has 0 fully saturated rings. The first-order valence-corrected chi connectivity index (χ1v) is 8.45. The van der Waals surface area contributed by atoms with E-state index in [-0.39, 0.29) is 0 Å². The van der Waals surface area contributed by atoms with Crippen LogP contribution in [0.2, 0.25) is 5.02 Å². The summed E-state index contributed by atoms with van der Waals surface area (Å²) in [6.45, 7) is 1.68. The van der Waals surface area contributed by atoms with Gasteiger partial charge in [-0.15, -0.1) is 0 Å². The lowest BCUT2D eigenvalue weighted by Gasteiger charge is -2.09. The van der Waals surface area contributed by atoms with Crippen LogP contribution < -0.4 is 10.1 Å². The van der Waals surface area contributed by atoms with Gasteiger partial charge in [0.25, 0.3) is 0 Å². The Kier molecular flexibility index (Phi) is 5.89. The van der Waals surface area contributed by atoms with Crippen LogP contribution >= 0.6 is 11.6 Å². The minimum atomic E-state index is 0.802. The number of rotatable bonds is 7. The summed E-state index contributed by atoms with van der Waals surface area (Å²) in [7, 11) is 0. The van der Waals surface area contributed by atoms with Crippen molar-refractivity contribution >= 4 is 11.6 Å². The Bertz CT molecular complexity index is 774. The second-order valence-electron chi connectivity index (χ2n) is 5.58. The second kappa shape index (κ2) is 8.53. The Morgan fingerprint density at radius 1 is 0.792 bits per heavy atom. The van der Waals surface area contributed by atoms with Gasteiger partial charge in [-0.25, -0.2) is 0 Å². The molecule has 0 aliphatic rings. The third-order valence-electron chi connectivity index (χ3n) is 3.74. The monoisotopic (exact) mass is 337 g/mol. The lowest BCUT2D eigenvalue weighted by atomic mass is 10.1. The Labute approximate surface area is 148 Å². The summed E-state index contributed by atoms with van der Waals surface area (Å²) in [5.74, 6) is 1.70. The maximum Gasteiger partial charge on any atom is 0.127 e. The van der Waals surface area contributed by atoms with Gasteiger partial charge in [0.1, 0.15) is 11.5 Å². The molecule has 122 valence electrons. The molecule has 0 spiro atoms.